The Balaban J connectivity index is 1.69. The average molecular weight is 252 g/mol. The molecule has 1 saturated carbocycles. The summed E-state index contributed by atoms with van der Waals surface area (Å²) in [5, 5.41) is 2.78. The number of nitrogens with one attached hydrogen (secondary N) is 1. The van der Waals surface area contributed by atoms with E-state index in [0.29, 0.717) is 26.0 Å². The third kappa shape index (κ3) is 2.11. The lowest BCUT2D eigenvalue weighted by Gasteiger charge is -2.44. The summed E-state index contributed by atoms with van der Waals surface area (Å²) < 4.78 is 5.76. The molecule has 2 amide bonds. The molecule has 0 bridgehead atoms. The maximum atomic E-state index is 12.5. The highest BCUT2D eigenvalue weighted by atomic mass is 16.5. The van der Waals surface area contributed by atoms with Gasteiger partial charge in [-0.3, -0.25) is 9.59 Å². The largest absolute Gasteiger partial charge is 0.374 e. The fourth-order valence-electron chi connectivity index (χ4n) is 3.37. The molecule has 3 fully saturated rings. The number of hydrogen-bond acceptors (Lipinski definition) is 3. The van der Waals surface area contributed by atoms with Crippen molar-refractivity contribution in [2.75, 3.05) is 13.2 Å². The Hall–Kier alpha value is -1.10. The lowest BCUT2D eigenvalue weighted by Crippen LogP contribution is -2.58. The lowest BCUT2D eigenvalue weighted by molar-refractivity contribution is -0.151. The number of hydrogen-bond donors (Lipinski definition) is 1. The number of fused-ring (bicyclic) bond motifs is 1. The molecular formula is C13H20N2O3. The molecule has 1 N–H and O–H groups in total. The molecule has 0 radical (unpaired) electrons. The monoisotopic (exact) mass is 252 g/mol. The first-order valence-electron chi connectivity index (χ1n) is 6.97. The molecule has 0 unspecified atom stereocenters. The number of ether oxygens (including phenoxy) is 1. The lowest BCUT2D eigenvalue weighted by atomic mass is 9.89. The van der Waals surface area contributed by atoms with Gasteiger partial charge in [-0.1, -0.05) is 12.8 Å². The van der Waals surface area contributed by atoms with Gasteiger partial charge in [0.15, 0.2) is 0 Å². The molecule has 1 aliphatic carbocycles. The zero-order valence-electron chi connectivity index (χ0n) is 10.6. The molecule has 0 aromatic heterocycles. The van der Waals surface area contributed by atoms with Crippen LogP contribution in [-0.2, 0) is 14.3 Å². The van der Waals surface area contributed by atoms with Gasteiger partial charge in [-0.25, -0.2) is 0 Å². The zero-order valence-corrected chi connectivity index (χ0v) is 10.6. The first-order valence-corrected chi connectivity index (χ1v) is 6.97. The van der Waals surface area contributed by atoms with Gasteiger partial charge in [0, 0.05) is 13.0 Å². The van der Waals surface area contributed by atoms with Crippen molar-refractivity contribution >= 4 is 11.8 Å². The summed E-state index contributed by atoms with van der Waals surface area (Å²) in [7, 11) is 0. The number of rotatable bonds is 1. The van der Waals surface area contributed by atoms with Gasteiger partial charge in [0.25, 0.3) is 0 Å². The van der Waals surface area contributed by atoms with E-state index in [1.54, 1.807) is 0 Å². The van der Waals surface area contributed by atoms with Crippen LogP contribution in [0.4, 0.5) is 0 Å². The first-order chi connectivity index (χ1) is 8.75. The SMILES string of the molecule is O=C1CC[C@H](C(=O)N2CCO[C@H]3CCCC[C@H]32)N1. The van der Waals surface area contributed by atoms with E-state index in [-0.39, 0.29) is 30.0 Å². The van der Waals surface area contributed by atoms with Crippen LogP contribution in [0.1, 0.15) is 38.5 Å². The van der Waals surface area contributed by atoms with Crippen LogP contribution in [0.3, 0.4) is 0 Å². The number of carbonyl (C=O) groups excluding carboxylic acids is 2. The number of amides is 2. The van der Waals surface area contributed by atoms with Crippen LogP contribution in [0.2, 0.25) is 0 Å². The molecule has 3 atom stereocenters. The van der Waals surface area contributed by atoms with Crippen LogP contribution >= 0.6 is 0 Å². The number of carbonyl (C=O) groups is 2. The Labute approximate surface area is 107 Å². The van der Waals surface area contributed by atoms with E-state index < -0.39 is 0 Å². The van der Waals surface area contributed by atoms with Crippen molar-refractivity contribution in [3.8, 4) is 0 Å². The Morgan fingerprint density at radius 3 is 2.89 bits per heavy atom. The van der Waals surface area contributed by atoms with E-state index in [1.165, 1.54) is 12.8 Å². The van der Waals surface area contributed by atoms with E-state index in [4.69, 9.17) is 4.74 Å². The summed E-state index contributed by atoms with van der Waals surface area (Å²) in [6.07, 6.45) is 5.81. The molecule has 5 nitrogen and oxygen atoms in total. The second-order valence-corrected chi connectivity index (χ2v) is 5.45. The molecule has 2 aliphatic heterocycles. The zero-order chi connectivity index (χ0) is 12.5. The van der Waals surface area contributed by atoms with E-state index in [1.807, 2.05) is 4.90 Å². The third-order valence-corrected chi connectivity index (χ3v) is 4.31. The minimum absolute atomic E-state index is 0.00167. The van der Waals surface area contributed by atoms with Crippen molar-refractivity contribution in [1.29, 1.82) is 0 Å². The normalized spacial score (nSPS) is 36.1. The van der Waals surface area contributed by atoms with Crippen LogP contribution in [0.5, 0.6) is 0 Å². The van der Waals surface area contributed by atoms with Gasteiger partial charge in [-0.15, -0.1) is 0 Å². The minimum Gasteiger partial charge on any atom is -0.374 e. The molecule has 2 heterocycles. The highest BCUT2D eigenvalue weighted by molar-refractivity contribution is 5.91. The van der Waals surface area contributed by atoms with Gasteiger partial charge in [0.05, 0.1) is 18.8 Å². The summed E-state index contributed by atoms with van der Waals surface area (Å²) in [6.45, 7) is 1.31. The maximum absolute atomic E-state index is 12.5. The van der Waals surface area contributed by atoms with Crippen molar-refractivity contribution in [2.45, 2.75) is 56.7 Å². The molecular weight excluding hydrogens is 232 g/mol. The Kier molecular flexibility index (Phi) is 3.24. The van der Waals surface area contributed by atoms with Crippen molar-refractivity contribution < 1.29 is 14.3 Å². The van der Waals surface area contributed by atoms with E-state index >= 15 is 0 Å². The smallest absolute Gasteiger partial charge is 0.245 e. The summed E-state index contributed by atoms with van der Waals surface area (Å²) in [5.74, 6) is 0.0999. The van der Waals surface area contributed by atoms with Crippen LogP contribution in [0, 0.1) is 0 Å². The molecule has 18 heavy (non-hydrogen) atoms. The van der Waals surface area contributed by atoms with Crippen LogP contribution < -0.4 is 5.32 Å². The molecule has 2 saturated heterocycles. The molecule has 100 valence electrons. The van der Waals surface area contributed by atoms with Gasteiger partial charge in [0.2, 0.25) is 11.8 Å². The standard InChI is InChI=1S/C13H20N2O3/c16-12-6-5-9(14-12)13(17)15-7-8-18-11-4-2-1-3-10(11)15/h9-11H,1-8H2,(H,14,16)/t9-,10-,11+/m1/s1. The fraction of sp³-hybridized carbons (Fsp3) is 0.846. The second kappa shape index (κ2) is 4.88. The molecule has 0 aromatic carbocycles. The Morgan fingerprint density at radius 1 is 1.28 bits per heavy atom. The van der Waals surface area contributed by atoms with Crippen LogP contribution in [0.15, 0.2) is 0 Å². The van der Waals surface area contributed by atoms with Crippen molar-refractivity contribution in [3.05, 3.63) is 0 Å². The average Bonchev–Trinajstić information content (AvgIpc) is 2.84. The maximum Gasteiger partial charge on any atom is 0.245 e. The van der Waals surface area contributed by atoms with Gasteiger partial charge in [-0.05, 0) is 19.3 Å². The van der Waals surface area contributed by atoms with Crippen molar-refractivity contribution in [3.63, 3.8) is 0 Å². The molecule has 0 aromatic rings. The molecule has 3 aliphatic rings. The predicted molar refractivity (Wildman–Crippen MR) is 64.9 cm³/mol. The highest BCUT2D eigenvalue weighted by Crippen LogP contribution is 2.29. The molecule has 0 spiro atoms. The van der Waals surface area contributed by atoms with Crippen LogP contribution in [-0.4, -0.2) is 48.1 Å². The van der Waals surface area contributed by atoms with Gasteiger partial charge in [-0.2, -0.15) is 0 Å². The van der Waals surface area contributed by atoms with E-state index in [0.717, 1.165) is 12.8 Å². The summed E-state index contributed by atoms with van der Waals surface area (Å²) in [4.78, 5) is 25.6. The first kappa shape index (κ1) is 12.0. The Morgan fingerprint density at radius 2 is 2.11 bits per heavy atom. The quantitative estimate of drug-likeness (QED) is 0.736. The van der Waals surface area contributed by atoms with Gasteiger partial charge in [0.1, 0.15) is 6.04 Å². The second-order valence-electron chi connectivity index (χ2n) is 5.45. The number of morpholine rings is 1. The minimum atomic E-state index is -0.293. The highest BCUT2D eigenvalue weighted by Gasteiger charge is 2.40. The fourth-order valence-corrected chi connectivity index (χ4v) is 3.37. The summed E-state index contributed by atoms with van der Waals surface area (Å²) in [6, 6.07) is -0.0596. The Bertz CT molecular complexity index is 356. The van der Waals surface area contributed by atoms with Gasteiger partial charge < -0.3 is 15.0 Å². The van der Waals surface area contributed by atoms with Crippen LogP contribution in [0.25, 0.3) is 0 Å². The van der Waals surface area contributed by atoms with E-state index in [9.17, 15) is 9.59 Å². The topological polar surface area (TPSA) is 58.6 Å². The van der Waals surface area contributed by atoms with Gasteiger partial charge >= 0.3 is 0 Å². The van der Waals surface area contributed by atoms with Crippen molar-refractivity contribution in [1.82, 2.24) is 10.2 Å². The number of nitrogens with zero attached hydrogens (tertiary/aromatic N) is 1. The summed E-state index contributed by atoms with van der Waals surface area (Å²) >= 11 is 0. The molecule has 3 rings (SSSR count). The van der Waals surface area contributed by atoms with E-state index in [2.05, 4.69) is 5.32 Å². The molecule has 5 heteroatoms. The predicted octanol–water partition coefficient (Wildman–Crippen LogP) is 0.435. The third-order valence-electron chi connectivity index (χ3n) is 4.31. The van der Waals surface area contributed by atoms with Crippen molar-refractivity contribution in [2.24, 2.45) is 0 Å². The summed E-state index contributed by atoms with van der Waals surface area (Å²) in [5.41, 5.74) is 0.